The van der Waals surface area contributed by atoms with E-state index in [0.29, 0.717) is 5.02 Å². The molecule has 1 atom stereocenters. The van der Waals surface area contributed by atoms with Gasteiger partial charge in [-0.25, -0.2) is 0 Å². The number of aromatic nitrogens is 3. The highest BCUT2D eigenvalue weighted by molar-refractivity contribution is 6.31. The summed E-state index contributed by atoms with van der Waals surface area (Å²) < 4.78 is 0. The van der Waals surface area contributed by atoms with E-state index >= 15 is 0 Å². The minimum Gasteiger partial charge on any atom is -0.313 e. The van der Waals surface area contributed by atoms with Crippen molar-refractivity contribution in [1.82, 2.24) is 20.5 Å². The maximum atomic E-state index is 6.09. The molecule has 1 unspecified atom stereocenters. The van der Waals surface area contributed by atoms with E-state index < -0.39 is 0 Å². The lowest BCUT2D eigenvalue weighted by Crippen LogP contribution is -2.19. The first-order valence-electron chi connectivity index (χ1n) is 5.33. The van der Waals surface area contributed by atoms with Crippen LogP contribution in [0.15, 0.2) is 36.9 Å². The third-order valence-corrected chi connectivity index (χ3v) is 2.98. The summed E-state index contributed by atoms with van der Waals surface area (Å²) in [5.74, 6) is 0. The molecule has 0 amide bonds. The molecule has 0 spiro atoms. The highest BCUT2D eigenvalue weighted by Crippen LogP contribution is 2.21. The topological polar surface area (TPSA) is 50.7 Å². The van der Waals surface area contributed by atoms with Crippen LogP contribution in [-0.4, -0.2) is 22.2 Å². The van der Waals surface area contributed by atoms with Crippen molar-refractivity contribution >= 4 is 11.6 Å². The van der Waals surface area contributed by atoms with Crippen molar-refractivity contribution < 1.29 is 0 Å². The van der Waals surface area contributed by atoms with Crippen molar-refractivity contribution in [2.75, 3.05) is 7.05 Å². The second-order valence-electron chi connectivity index (χ2n) is 3.69. The van der Waals surface area contributed by atoms with E-state index in [1.165, 1.54) is 0 Å². The molecule has 0 saturated carbocycles. The lowest BCUT2D eigenvalue weighted by Gasteiger charge is -2.16. The Morgan fingerprint density at radius 1 is 1.24 bits per heavy atom. The fraction of sp³-hybridized carbons (Fsp3) is 0.250. The molecule has 2 heterocycles. The molecule has 0 aliphatic heterocycles. The zero-order valence-electron chi connectivity index (χ0n) is 9.47. The third kappa shape index (κ3) is 2.99. The summed E-state index contributed by atoms with van der Waals surface area (Å²) in [6.07, 6.45) is 7.65. The minimum atomic E-state index is 0.172. The van der Waals surface area contributed by atoms with E-state index in [-0.39, 0.29) is 6.04 Å². The zero-order valence-corrected chi connectivity index (χ0v) is 10.2. The molecule has 2 rings (SSSR count). The highest BCUT2D eigenvalue weighted by atomic mass is 35.5. The van der Waals surface area contributed by atoms with Crippen molar-refractivity contribution in [3.05, 3.63) is 53.1 Å². The van der Waals surface area contributed by atoms with Crippen molar-refractivity contribution in [2.45, 2.75) is 12.5 Å². The van der Waals surface area contributed by atoms with Gasteiger partial charge in [-0.15, -0.1) is 0 Å². The molecule has 0 bridgehead atoms. The molecule has 2 aromatic rings. The molecule has 1 N–H and O–H groups in total. The predicted octanol–water partition coefficient (Wildman–Crippen LogP) is 2.03. The average molecular weight is 249 g/mol. The predicted molar refractivity (Wildman–Crippen MR) is 66.8 cm³/mol. The maximum absolute atomic E-state index is 6.09. The second kappa shape index (κ2) is 5.70. The number of hydrogen-bond acceptors (Lipinski definition) is 4. The molecular formula is C12H13ClN4. The summed E-state index contributed by atoms with van der Waals surface area (Å²) in [5.41, 5.74) is 2.16. The van der Waals surface area contributed by atoms with Gasteiger partial charge in [-0.2, -0.15) is 10.2 Å². The SMILES string of the molecule is CNC(Cc1ccncc1Cl)c1ccnnc1. The molecule has 88 valence electrons. The molecule has 0 radical (unpaired) electrons. The zero-order chi connectivity index (χ0) is 12.1. The molecule has 4 nitrogen and oxygen atoms in total. The van der Waals surface area contributed by atoms with Gasteiger partial charge in [0.15, 0.2) is 0 Å². The van der Waals surface area contributed by atoms with E-state index in [2.05, 4.69) is 20.5 Å². The number of likely N-dealkylation sites (N-methyl/N-ethyl adjacent to an activating group) is 1. The standard InChI is InChI=1S/C12H13ClN4/c1-14-12(10-3-5-16-17-7-10)6-9-2-4-15-8-11(9)13/h2-5,7-8,12,14H,6H2,1H3. The van der Waals surface area contributed by atoms with Gasteiger partial charge in [0.25, 0.3) is 0 Å². The van der Waals surface area contributed by atoms with Gasteiger partial charge in [0.05, 0.1) is 11.2 Å². The Kier molecular flexibility index (Phi) is 4.01. The number of rotatable bonds is 4. The van der Waals surface area contributed by atoms with Crippen LogP contribution < -0.4 is 5.32 Å². The lowest BCUT2D eigenvalue weighted by atomic mass is 10.0. The van der Waals surface area contributed by atoms with Crippen LogP contribution in [0.1, 0.15) is 17.2 Å². The van der Waals surface area contributed by atoms with Crippen LogP contribution in [0.25, 0.3) is 0 Å². The van der Waals surface area contributed by atoms with Crippen molar-refractivity contribution in [1.29, 1.82) is 0 Å². The van der Waals surface area contributed by atoms with Gasteiger partial charge in [-0.3, -0.25) is 4.98 Å². The van der Waals surface area contributed by atoms with Crippen LogP contribution in [0.4, 0.5) is 0 Å². The lowest BCUT2D eigenvalue weighted by molar-refractivity contribution is 0.587. The van der Waals surface area contributed by atoms with Gasteiger partial charge in [0, 0.05) is 24.6 Å². The van der Waals surface area contributed by atoms with Gasteiger partial charge in [0.1, 0.15) is 0 Å². The first-order chi connectivity index (χ1) is 8.31. The van der Waals surface area contributed by atoms with Crippen molar-refractivity contribution in [3.63, 3.8) is 0 Å². The maximum Gasteiger partial charge on any atom is 0.0622 e. The number of nitrogens with one attached hydrogen (secondary N) is 1. The number of hydrogen-bond donors (Lipinski definition) is 1. The summed E-state index contributed by atoms with van der Waals surface area (Å²) in [6, 6.07) is 4.05. The monoisotopic (exact) mass is 248 g/mol. The molecule has 0 saturated heterocycles. The molecule has 17 heavy (non-hydrogen) atoms. The van der Waals surface area contributed by atoms with Crippen molar-refractivity contribution in [3.8, 4) is 0 Å². The van der Waals surface area contributed by atoms with Crippen LogP contribution in [0.5, 0.6) is 0 Å². The molecule has 0 aliphatic rings. The molecular weight excluding hydrogens is 236 g/mol. The quantitative estimate of drug-likeness (QED) is 0.900. The first kappa shape index (κ1) is 12.0. The number of nitrogens with zero attached hydrogens (tertiary/aromatic N) is 3. The summed E-state index contributed by atoms with van der Waals surface area (Å²) in [7, 11) is 1.92. The van der Waals surface area contributed by atoms with Gasteiger partial charge in [-0.1, -0.05) is 11.6 Å². The molecule has 0 fully saturated rings. The number of halogens is 1. The van der Waals surface area contributed by atoms with Crippen LogP contribution in [0.3, 0.4) is 0 Å². The third-order valence-electron chi connectivity index (χ3n) is 2.64. The fourth-order valence-electron chi connectivity index (χ4n) is 1.68. The van der Waals surface area contributed by atoms with E-state index in [1.54, 1.807) is 24.8 Å². The Morgan fingerprint density at radius 2 is 2.12 bits per heavy atom. The van der Waals surface area contributed by atoms with Gasteiger partial charge in [0.2, 0.25) is 0 Å². The van der Waals surface area contributed by atoms with Crippen molar-refractivity contribution in [2.24, 2.45) is 0 Å². The highest BCUT2D eigenvalue weighted by Gasteiger charge is 2.12. The van der Waals surface area contributed by atoms with E-state index in [0.717, 1.165) is 17.5 Å². The second-order valence-corrected chi connectivity index (χ2v) is 4.10. The van der Waals surface area contributed by atoms with Crippen LogP contribution in [0.2, 0.25) is 5.02 Å². The van der Waals surface area contributed by atoms with Gasteiger partial charge >= 0.3 is 0 Å². The Bertz CT molecular complexity index is 475. The largest absolute Gasteiger partial charge is 0.313 e. The smallest absolute Gasteiger partial charge is 0.0622 e. The normalized spacial score (nSPS) is 12.4. The van der Waals surface area contributed by atoms with E-state index in [9.17, 15) is 0 Å². The average Bonchev–Trinajstić information content (AvgIpc) is 2.39. The van der Waals surface area contributed by atoms with Crippen LogP contribution in [-0.2, 0) is 6.42 Å². The van der Waals surface area contributed by atoms with E-state index in [4.69, 9.17) is 11.6 Å². The Balaban J connectivity index is 2.19. The Morgan fingerprint density at radius 3 is 2.76 bits per heavy atom. The van der Waals surface area contributed by atoms with Crippen LogP contribution in [0, 0.1) is 0 Å². The first-order valence-corrected chi connectivity index (χ1v) is 5.71. The summed E-state index contributed by atoms with van der Waals surface area (Å²) in [5, 5.41) is 11.6. The van der Waals surface area contributed by atoms with E-state index in [1.807, 2.05) is 19.2 Å². The van der Waals surface area contributed by atoms with Crippen LogP contribution >= 0.6 is 11.6 Å². The minimum absolute atomic E-state index is 0.172. The summed E-state index contributed by atoms with van der Waals surface area (Å²) in [4.78, 5) is 3.98. The molecule has 0 aliphatic carbocycles. The molecule has 5 heteroatoms. The van der Waals surface area contributed by atoms with Gasteiger partial charge < -0.3 is 5.32 Å². The summed E-state index contributed by atoms with van der Waals surface area (Å²) in [6.45, 7) is 0. The molecule has 0 aromatic carbocycles. The Hall–Kier alpha value is -1.52. The fourth-order valence-corrected chi connectivity index (χ4v) is 1.88. The Labute approximate surface area is 105 Å². The van der Waals surface area contributed by atoms with Gasteiger partial charge in [-0.05, 0) is 36.7 Å². The molecule has 2 aromatic heterocycles. The summed E-state index contributed by atoms with van der Waals surface area (Å²) >= 11 is 6.09. The number of pyridine rings is 1.